The molecule has 0 heterocycles. The molecule has 0 saturated carbocycles. The lowest BCUT2D eigenvalue weighted by Crippen LogP contribution is -2.34. The summed E-state index contributed by atoms with van der Waals surface area (Å²) in [5, 5.41) is 10.6. The lowest BCUT2D eigenvalue weighted by atomic mass is 10.1. The molecule has 0 aromatic heterocycles. The van der Waals surface area contributed by atoms with Gasteiger partial charge in [0, 0.05) is 69.1 Å². The maximum atomic E-state index is 9.08. The lowest BCUT2D eigenvalue weighted by molar-refractivity contribution is 0.0334. The van der Waals surface area contributed by atoms with Crippen LogP contribution in [0.3, 0.4) is 0 Å². The molecule has 0 unspecified atom stereocenters. The van der Waals surface area contributed by atoms with Crippen LogP contribution in [0.15, 0.2) is 113 Å². The molecule has 0 spiro atoms. The Morgan fingerprint density at radius 3 is 1.14 bits per heavy atom. The first-order valence-corrected chi connectivity index (χ1v) is 22.3. The highest BCUT2D eigenvalue weighted by Gasteiger charge is 2.26. The van der Waals surface area contributed by atoms with Crippen molar-refractivity contribution in [1.29, 1.82) is 0 Å². The standard InChI is InChI=1S/C19H23BBrClO3S.C13H10BrClOS.C9H21BO3/c1-13(2)24-20(25-14(3)4)23-12-15-5-8-18(11-19(15)21)26-17-9-6-16(22)7-10-17;14-13-7-12(4-1-9(13)8-16)17-11-5-2-10(15)3-6-11;1-7(2)11-10(12-8(3)4)13-9(5)6/h5-11,13-14H,12H2,1-4H3;1-7,16H,8H2;7-9H,1-6H3. The van der Waals surface area contributed by atoms with Crippen molar-refractivity contribution < 1.29 is 33.0 Å². The van der Waals surface area contributed by atoms with Crippen molar-refractivity contribution in [1.82, 2.24) is 0 Å². The number of hydrogen-bond acceptors (Lipinski definition) is 9. The molecule has 0 aliphatic carbocycles. The monoisotopic (exact) mass is 972 g/mol. The summed E-state index contributed by atoms with van der Waals surface area (Å²) >= 11 is 22.2. The predicted molar refractivity (Wildman–Crippen MR) is 243 cm³/mol. The van der Waals surface area contributed by atoms with Crippen LogP contribution in [-0.2, 0) is 41.1 Å². The Morgan fingerprint density at radius 2 is 0.821 bits per heavy atom. The molecule has 0 aliphatic rings. The molecular formula is C41H54B2Br2Cl2O7S2. The average Bonchev–Trinajstić information content (AvgIpc) is 3.09. The summed E-state index contributed by atoms with van der Waals surface area (Å²) in [6.45, 7) is 20.0. The van der Waals surface area contributed by atoms with E-state index in [1.54, 1.807) is 23.5 Å². The summed E-state index contributed by atoms with van der Waals surface area (Å²) in [4.78, 5) is 4.53. The van der Waals surface area contributed by atoms with Gasteiger partial charge in [0.25, 0.3) is 0 Å². The minimum Gasteiger partial charge on any atom is -0.392 e. The summed E-state index contributed by atoms with van der Waals surface area (Å²) in [6.07, 6.45) is 0.396. The van der Waals surface area contributed by atoms with Gasteiger partial charge in [-0.3, -0.25) is 0 Å². The van der Waals surface area contributed by atoms with Gasteiger partial charge in [-0.25, -0.2) is 0 Å². The second-order valence-corrected chi connectivity index (χ2v) is 18.5. The van der Waals surface area contributed by atoms with E-state index in [4.69, 9.17) is 56.2 Å². The Morgan fingerprint density at radius 1 is 0.500 bits per heavy atom. The van der Waals surface area contributed by atoms with Gasteiger partial charge in [-0.1, -0.05) is 90.7 Å². The predicted octanol–water partition coefficient (Wildman–Crippen LogP) is 13.6. The van der Waals surface area contributed by atoms with Crippen LogP contribution in [0, 0.1) is 0 Å². The summed E-state index contributed by atoms with van der Waals surface area (Å²) < 4.78 is 35.3. The second-order valence-electron chi connectivity index (χ2n) is 13.6. The molecular weight excluding hydrogens is 921 g/mol. The van der Waals surface area contributed by atoms with Gasteiger partial charge in [0.05, 0.1) is 13.2 Å². The number of aliphatic hydroxyl groups is 1. The van der Waals surface area contributed by atoms with E-state index in [1.165, 1.54) is 0 Å². The molecule has 4 aromatic carbocycles. The molecule has 0 amide bonds. The van der Waals surface area contributed by atoms with Gasteiger partial charge in [-0.05, 0) is 153 Å². The van der Waals surface area contributed by atoms with Crippen molar-refractivity contribution in [2.75, 3.05) is 0 Å². The van der Waals surface area contributed by atoms with Gasteiger partial charge in [-0.15, -0.1) is 0 Å². The van der Waals surface area contributed by atoms with Gasteiger partial charge in [0.15, 0.2) is 0 Å². The molecule has 4 aromatic rings. The third-order valence-corrected chi connectivity index (χ3v) is 10.6. The molecule has 56 heavy (non-hydrogen) atoms. The largest absolute Gasteiger partial charge is 0.640 e. The number of benzene rings is 4. The molecule has 306 valence electrons. The molecule has 0 aliphatic heterocycles. The molecule has 0 radical (unpaired) electrons. The smallest absolute Gasteiger partial charge is 0.392 e. The van der Waals surface area contributed by atoms with Crippen LogP contribution in [-0.4, -0.2) is 50.3 Å². The molecule has 0 saturated heterocycles. The Balaban J connectivity index is 0.000000312. The summed E-state index contributed by atoms with van der Waals surface area (Å²) in [7, 11) is -1.22. The van der Waals surface area contributed by atoms with Crippen LogP contribution in [0.5, 0.6) is 0 Å². The van der Waals surface area contributed by atoms with E-state index < -0.39 is 14.6 Å². The minimum atomic E-state index is -0.676. The van der Waals surface area contributed by atoms with Crippen LogP contribution >= 0.6 is 78.6 Å². The van der Waals surface area contributed by atoms with Crippen molar-refractivity contribution in [3.63, 3.8) is 0 Å². The quantitative estimate of drug-likeness (QED) is 0.0981. The van der Waals surface area contributed by atoms with Crippen LogP contribution in [0.1, 0.15) is 80.4 Å². The molecule has 4 rings (SSSR count). The van der Waals surface area contributed by atoms with E-state index in [0.29, 0.717) is 6.61 Å². The van der Waals surface area contributed by atoms with E-state index in [-0.39, 0.29) is 37.1 Å². The van der Waals surface area contributed by atoms with Crippen molar-refractivity contribution in [3.05, 3.63) is 115 Å². The maximum Gasteiger partial charge on any atom is 0.640 e. The van der Waals surface area contributed by atoms with Crippen molar-refractivity contribution in [3.8, 4) is 0 Å². The topological polar surface area (TPSA) is 75.6 Å². The average molecular weight is 975 g/mol. The second kappa shape index (κ2) is 27.7. The Kier molecular flexibility index (Phi) is 25.3. The van der Waals surface area contributed by atoms with Crippen molar-refractivity contribution in [2.24, 2.45) is 0 Å². The fourth-order valence-corrected chi connectivity index (χ4v) is 7.45. The third-order valence-electron chi connectivity index (χ3n) is 6.61. The highest BCUT2D eigenvalue weighted by molar-refractivity contribution is 9.10. The molecule has 0 bridgehead atoms. The fraction of sp³-hybridized carbons (Fsp3) is 0.415. The van der Waals surface area contributed by atoms with Gasteiger partial charge in [-0.2, -0.15) is 0 Å². The van der Waals surface area contributed by atoms with Crippen molar-refractivity contribution >= 4 is 93.2 Å². The van der Waals surface area contributed by atoms with Gasteiger partial charge in [0.2, 0.25) is 0 Å². The highest BCUT2D eigenvalue weighted by atomic mass is 79.9. The first-order valence-electron chi connectivity index (χ1n) is 18.4. The first kappa shape index (κ1) is 51.1. The van der Waals surface area contributed by atoms with Crippen LogP contribution in [0.25, 0.3) is 0 Å². The molecule has 1 N–H and O–H groups in total. The van der Waals surface area contributed by atoms with E-state index >= 15 is 0 Å². The summed E-state index contributed by atoms with van der Waals surface area (Å²) in [5.74, 6) is 0. The number of halogens is 4. The fourth-order valence-electron chi connectivity index (χ4n) is 4.18. The normalized spacial score (nSPS) is 11.2. The zero-order valence-corrected chi connectivity index (χ0v) is 40.1. The third kappa shape index (κ3) is 22.4. The minimum absolute atomic E-state index is 0.0281. The number of aliphatic hydroxyl groups excluding tert-OH is 1. The maximum absolute atomic E-state index is 9.08. The molecule has 15 heteroatoms. The summed E-state index contributed by atoms with van der Waals surface area (Å²) in [5.41, 5.74) is 1.93. The van der Waals surface area contributed by atoms with Crippen LogP contribution in [0.4, 0.5) is 0 Å². The van der Waals surface area contributed by atoms with E-state index in [0.717, 1.165) is 49.7 Å². The zero-order chi connectivity index (χ0) is 41.8. The van der Waals surface area contributed by atoms with Crippen molar-refractivity contribution in [2.45, 2.75) is 133 Å². The van der Waals surface area contributed by atoms with E-state index in [1.807, 2.05) is 142 Å². The Hall–Kier alpha value is -1.03. The zero-order valence-electron chi connectivity index (χ0n) is 33.8. The Labute approximate surface area is 371 Å². The van der Waals surface area contributed by atoms with Gasteiger partial charge in [0.1, 0.15) is 0 Å². The molecule has 0 atom stereocenters. The Bertz CT molecular complexity index is 1660. The SMILES string of the molecule is CC(C)OB(OC(C)C)OC(C)C.CC(C)OB(OCc1ccc(Sc2ccc(Cl)cc2)cc1Br)OC(C)C.OCc1ccc(Sc2ccc(Cl)cc2)cc1Br. The van der Waals surface area contributed by atoms with Crippen LogP contribution < -0.4 is 0 Å². The van der Waals surface area contributed by atoms with E-state index in [2.05, 4.69) is 44.0 Å². The van der Waals surface area contributed by atoms with Gasteiger partial charge >= 0.3 is 14.6 Å². The lowest BCUT2D eigenvalue weighted by Gasteiger charge is -2.20. The first-order chi connectivity index (χ1) is 26.4. The molecule has 7 nitrogen and oxygen atoms in total. The molecule has 0 fully saturated rings. The van der Waals surface area contributed by atoms with E-state index in [9.17, 15) is 0 Å². The number of rotatable bonds is 18. The number of hydrogen-bond donors (Lipinski definition) is 1. The summed E-state index contributed by atoms with van der Waals surface area (Å²) in [6, 6.07) is 27.7. The highest BCUT2D eigenvalue weighted by Crippen LogP contribution is 2.33. The van der Waals surface area contributed by atoms with Crippen LogP contribution in [0.2, 0.25) is 10.0 Å². The van der Waals surface area contributed by atoms with Gasteiger partial charge < -0.3 is 33.0 Å².